The maximum absolute atomic E-state index is 13.9. The molecule has 58 heavy (non-hydrogen) atoms. The standard InChI is InChI=1S/C42H43F3N6O7/c43-42(44,45)26-35(52)49(12-13-51-39(54)32-7-2-5-28-23-30(48-16-20-58-21-17-48)25-34(37(28)32)41(51)56)10-3-8-46-9-11-50-38(53)31-6-1-4-27-22-29(47-14-18-57-19-15-47)24-33(36(27)31)40(50)55/h1-2,4-7,22-25,46H,3,8-21,26H2. The first-order valence-electron chi connectivity index (χ1n) is 19.5. The van der Waals surface area contributed by atoms with Gasteiger partial charge in [0.1, 0.15) is 6.42 Å². The third kappa shape index (κ3) is 7.83. The third-order valence-electron chi connectivity index (χ3n) is 11.2. The van der Waals surface area contributed by atoms with Crippen LogP contribution in [0, 0.1) is 0 Å². The van der Waals surface area contributed by atoms with Crippen LogP contribution in [-0.4, -0.2) is 142 Å². The maximum atomic E-state index is 13.9. The van der Waals surface area contributed by atoms with E-state index >= 15 is 0 Å². The van der Waals surface area contributed by atoms with Crippen molar-refractivity contribution in [2.75, 3.05) is 102 Å². The van der Waals surface area contributed by atoms with Crippen molar-refractivity contribution in [3.8, 4) is 0 Å². The number of hydrogen-bond donors (Lipinski definition) is 1. The first kappa shape index (κ1) is 39.3. The van der Waals surface area contributed by atoms with E-state index in [0.29, 0.717) is 85.6 Å². The van der Waals surface area contributed by atoms with Crippen molar-refractivity contribution in [3.63, 3.8) is 0 Å². The van der Waals surface area contributed by atoms with Gasteiger partial charge in [-0.3, -0.25) is 33.8 Å². The lowest BCUT2D eigenvalue weighted by molar-refractivity contribution is -0.161. The van der Waals surface area contributed by atoms with Crippen molar-refractivity contribution in [3.05, 3.63) is 82.9 Å². The monoisotopic (exact) mass is 800 g/mol. The number of halogens is 3. The molecule has 0 saturated carbocycles. The lowest BCUT2D eigenvalue weighted by Gasteiger charge is -2.33. The molecular weight excluding hydrogens is 757 g/mol. The Kier molecular flexibility index (Phi) is 11.1. The largest absolute Gasteiger partial charge is 0.397 e. The van der Waals surface area contributed by atoms with E-state index < -0.39 is 42.1 Å². The number of anilines is 2. The molecule has 4 heterocycles. The molecule has 2 saturated heterocycles. The van der Waals surface area contributed by atoms with Crippen molar-refractivity contribution < 1.29 is 46.6 Å². The minimum atomic E-state index is -4.76. The molecule has 2 fully saturated rings. The van der Waals surface area contributed by atoms with Gasteiger partial charge in [0.05, 0.1) is 37.6 Å². The Labute approximate surface area is 332 Å². The van der Waals surface area contributed by atoms with Gasteiger partial charge in [-0.1, -0.05) is 24.3 Å². The van der Waals surface area contributed by atoms with Crippen molar-refractivity contribution in [1.29, 1.82) is 0 Å². The summed E-state index contributed by atoms with van der Waals surface area (Å²) in [6.45, 7) is 4.65. The van der Waals surface area contributed by atoms with Gasteiger partial charge in [0, 0.05) is 92.2 Å². The van der Waals surface area contributed by atoms with E-state index in [1.165, 1.54) is 4.90 Å². The highest BCUT2D eigenvalue weighted by atomic mass is 19.4. The minimum Gasteiger partial charge on any atom is -0.378 e. The van der Waals surface area contributed by atoms with E-state index in [4.69, 9.17) is 9.47 Å². The van der Waals surface area contributed by atoms with Gasteiger partial charge < -0.3 is 29.5 Å². The number of morpholine rings is 2. The Morgan fingerprint density at radius 2 is 1.12 bits per heavy atom. The Morgan fingerprint density at radius 1 is 0.638 bits per heavy atom. The van der Waals surface area contributed by atoms with E-state index in [-0.39, 0.29) is 45.7 Å². The summed E-state index contributed by atoms with van der Waals surface area (Å²) >= 11 is 0. The molecule has 0 unspecified atom stereocenters. The zero-order chi connectivity index (χ0) is 40.6. The van der Waals surface area contributed by atoms with Crippen molar-refractivity contribution >= 4 is 62.5 Å². The van der Waals surface area contributed by atoms with Gasteiger partial charge in [-0.15, -0.1) is 0 Å². The fraction of sp³-hybridized carbons (Fsp3) is 0.405. The number of amides is 5. The molecular formula is C42H43F3N6O7. The highest BCUT2D eigenvalue weighted by Crippen LogP contribution is 2.36. The molecule has 0 aromatic heterocycles. The number of benzene rings is 4. The van der Waals surface area contributed by atoms with Gasteiger partial charge >= 0.3 is 6.18 Å². The van der Waals surface area contributed by atoms with Crippen LogP contribution in [0.25, 0.3) is 21.5 Å². The average molecular weight is 801 g/mol. The van der Waals surface area contributed by atoms with Crippen molar-refractivity contribution in [2.45, 2.75) is 19.0 Å². The van der Waals surface area contributed by atoms with Crippen molar-refractivity contribution in [2.24, 2.45) is 0 Å². The minimum absolute atomic E-state index is 0.0483. The van der Waals surface area contributed by atoms with E-state index in [1.54, 1.807) is 30.3 Å². The molecule has 4 aromatic rings. The zero-order valence-corrected chi connectivity index (χ0v) is 31.8. The van der Waals surface area contributed by atoms with Gasteiger partial charge in [-0.05, 0) is 60.1 Å². The average Bonchev–Trinajstić information content (AvgIpc) is 3.22. The molecule has 0 aliphatic carbocycles. The van der Waals surface area contributed by atoms with Crippen molar-refractivity contribution in [1.82, 2.24) is 20.0 Å². The molecule has 4 aliphatic heterocycles. The summed E-state index contributed by atoms with van der Waals surface area (Å²) in [5.74, 6) is -3.15. The first-order chi connectivity index (χ1) is 28.0. The predicted octanol–water partition coefficient (Wildman–Crippen LogP) is 4.32. The molecule has 1 N–H and O–H groups in total. The summed E-state index contributed by atoms with van der Waals surface area (Å²) in [6.07, 6.45) is -6.22. The molecule has 0 atom stereocenters. The van der Waals surface area contributed by atoms with Crippen LogP contribution in [0.5, 0.6) is 0 Å². The number of alkyl halides is 3. The molecule has 0 spiro atoms. The fourth-order valence-corrected chi connectivity index (χ4v) is 8.27. The van der Waals surface area contributed by atoms with Crippen LogP contribution in [0.4, 0.5) is 24.5 Å². The zero-order valence-electron chi connectivity index (χ0n) is 31.8. The van der Waals surface area contributed by atoms with Gasteiger partial charge in [-0.25, -0.2) is 0 Å². The number of carbonyl (C=O) groups excluding carboxylic acids is 5. The Hall–Kier alpha value is -5.58. The Morgan fingerprint density at radius 3 is 1.62 bits per heavy atom. The van der Waals surface area contributed by atoms with Gasteiger partial charge in [0.15, 0.2) is 0 Å². The van der Waals surface area contributed by atoms with Gasteiger partial charge in [0.25, 0.3) is 23.6 Å². The molecule has 0 bridgehead atoms. The van der Waals surface area contributed by atoms with Crippen LogP contribution in [0.1, 0.15) is 54.3 Å². The smallest absolute Gasteiger partial charge is 0.378 e. The number of hydrogen-bond acceptors (Lipinski definition) is 10. The van der Waals surface area contributed by atoms with Crippen LogP contribution in [-0.2, 0) is 14.3 Å². The number of ether oxygens (including phenoxy) is 2. The second-order valence-electron chi connectivity index (χ2n) is 14.8. The molecule has 5 amide bonds. The maximum Gasteiger partial charge on any atom is 0.397 e. The summed E-state index contributed by atoms with van der Waals surface area (Å²) in [6, 6.07) is 18.0. The molecule has 0 radical (unpaired) electrons. The summed E-state index contributed by atoms with van der Waals surface area (Å²) in [4.78, 5) is 75.2. The topological polar surface area (TPSA) is 132 Å². The van der Waals surface area contributed by atoms with Crippen LogP contribution in [0.3, 0.4) is 0 Å². The Bertz CT molecular complexity index is 2290. The second-order valence-corrected chi connectivity index (χ2v) is 14.8. The number of rotatable bonds is 13. The molecule has 4 aromatic carbocycles. The molecule has 304 valence electrons. The lowest BCUT2D eigenvalue weighted by Crippen LogP contribution is -2.47. The quantitative estimate of drug-likeness (QED) is 0.154. The molecule has 13 nitrogen and oxygen atoms in total. The summed E-state index contributed by atoms with van der Waals surface area (Å²) in [7, 11) is 0. The SMILES string of the molecule is O=C(CC(F)(F)F)N(CCCNCCN1C(=O)c2cccc3cc(N4CCOCC4)cc(c23)C1=O)CCN1C(=O)c2cccc3cc(N4CCOCC4)cc(c23)C1=O. The second kappa shape index (κ2) is 16.3. The summed E-state index contributed by atoms with van der Waals surface area (Å²) in [5, 5.41) is 5.81. The normalized spacial score (nSPS) is 17.2. The summed E-state index contributed by atoms with van der Waals surface area (Å²) < 4.78 is 51.2. The number of carbonyl (C=O) groups is 5. The molecule has 4 aliphatic rings. The highest BCUT2D eigenvalue weighted by Gasteiger charge is 2.37. The van der Waals surface area contributed by atoms with Crippen LogP contribution in [0.15, 0.2) is 60.7 Å². The number of imide groups is 2. The van der Waals surface area contributed by atoms with E-state index in [1.807, 2.05) is 30.3 Å². The first-order valence-corrected chi connectivity index (χ1v) is 19.5. The Balaban J connectivity index is 0.902. The predicted molar refractivity (Wildman–Crippen MR) is 209 cm³/mol. The third-order valence-corrected chi connectivity index (χ3v) is 11.2. The number of nitrogens with one attached hydrogen (secondary N) is 1. The molecule has 16 heteroatoms. The summed E-state index contributed by atoms with van der Waals surface area (Å²) in [5.41, 5.74) is 3.17. The van der Waals surface area contributed by atoms with Crippen LogP contribution >= 0.6 is 0 Å². The van der Waals surface area contributed by atoms with E-state index in [2.05, 4.69) is 15.1 Å². The fourth-order valence-electron chi connectivity index (χ4n) is 8.27. The molecule has 8 rings (SSSR count). The van der Waals surface area contributed by atoms with Crippen LogP contribution in [0.2, 0.25) is 0 Å². The van der Waals surface area contributed by atoms with Gasteiger partial charge in [-0.2, -0.15) is 13.2 Å². The highest BCUT2D eigenvalue weighted by molar-refractivity contribution is 6.27. The van der Waals surface area contributed by atoms with Crippen LogP contribution < -0.4 is 15.1 Å². The van der Waals surface area contributed by atoms with E-state index in [0.717, 1.165) is 31.9 Å². The number of nitrogens with zero attached hydrogens (tertiary/aromatic N) is 5. The lowest BCUT2D eigenvalue weighted by atomic mass is 9.93. The van der Waals surface area contributed by atoms with E-state index in [9.17, 15) is 37.1 Å². The van der Waals surface area contributed by atoms with Gasteiger partial charge in [0.2, 0.25) is 5.91 Å².